The number of hydrogen-bond donors (Lipinski definition) is 0. The number of esters is 4. The van der Waals surface area contributed by atoms with E-state index < -0.39 is 48.5 Å². The van der Waals surface area contributed by atoms with E-state index in [1.165, 1.54) is 38.5 Å². The van der Waals surface area contributed by atoms with Gasteiger partial charge in [-0.05, 0) is 199 Å². The fourth-order valence-corrected chi connectivity index (χ4v) is 9.76. The van der Waals surface area contributed by atoms with Crippen molar-refractivity contribution in [1.82, 2.24) is 0 Å². The van der Waals surface area contributed by atoms with E-state index in [-0.39, 0.29) is 108 Å². The van der Waals surface area contributed by atoms with Crippen LogP contribution in [0.4, 0.5) is 22.7 Å². The van der Waals surface area contributed by atoms with E-state index in [2.05, 4.69) is 62.3 Å². The fraction of sp³-hybridized carbons (Fsp3) is 0.566. The summed E-state index contributed by atoms with van der Waals surface area (Å²) in [7, 11) is 2.97. The predicted molar refractivity (Wildman–Crippen MR) is 423 cm³/mol. The molecule has 0 spiro atoms. The van der Waals surface area contributed by atoms with E-state index in [4.69, 9.17) is 42.6 Å². The Labute approximate surface area is 639 Å². The third-order valence-corrected chi connectivity index (χ3v) is 14.1. The average Bonchev–Trinajstić information content (AvgIpc) is 0.826. The molecule has 2 unspecified atom stereocenters. The summed E-state index contributed by atoms with van der Waals surface area (Å²) >= 11 is 0. The highest BCUT2D eigenvalue weighted by Crippen LogP contribution is 2.43. The van der Waals surface area contributed by atoms with E-state index >= 15 is 0 Å². The molecule has 600 valence electrons. The molecule has 2 atom stereocenters. The first-order valence-corrected chi connectivity index (χ1v) is 36.3. The summed E-state index contributed by atoms with van der Waals surface area (Å²) in [5.41, 5.74) is -1.07. The van der Waals surface area contributed by atoms with Crippen LogP contribution >= 0.6 is 0 Å². The van der Waals surface area contributed by atoms with Crippen molar-refractivity contribution in [2.45, 2.75) is 254 Å². The molecule has 0 aromatic heterocycles. The van der Waals surface area contributed by atoms with Gasteiger partial charge in [0.1, 0.15) is 24.4 Å². The zero-order valence-electron chi connectivity index (χ0n) is 69.3. The molecule has 6 aromatic carbocycles. The van der Waals surface area contributed by atoms with Crippen LogP contribution in [0.3, 0.4) is 0 Å². The fourth-order valence-electron chi connectivity index (χ4n) is 9.76. The lowest BCUT2D eigenvalue weighted by molar-refractivity contribution is -0.386. The third kappa shape index (κ3) is 37.8. The summed E-state index contributed by atoms with van der Waals surface area (Å²) in [4.78, 5) is 90.9. The summed E-state index contributed by atoms with van der Waals surface area (Å²) < 4.78 is 48.9. The van der Waals surface area contributed by atoms with E-state index in [1.807, 2.05) is 97.0 Å². The molecule has 0 saturated heterocycles. The number of nitrogens with zero attached hydrogens (tertiary/aromatic N) is 4. The Hall–Kier alpha value is -9.52. The first-order chi connectivity index (χ1) is 49.5. The SMILES string of the molecule is CC(C)(C)C(=O)OCc1cc2ccccc2cc1[N+](=O)[O-].CC(C)(C)C(=O)OCc1cc2ccccc2cc1[N+](=O)[O-].CC(C)C.CC(C)C.COc1cc(C(C)CC(C)(C)C)c([N+](=O)[O-])cc1OCCCC(=O)OC(C)(C)C.COc1cc(C(C)OC(C)(C)C)c([N+](=O)[O-])cc1OCCCC(=O)OC(C)(C)C. The van der Waals surface area contributed by atoms with Gasteiger partial charge in [-0.15, -0.1) is 0 Å². The maximum atomic E-state index is 11.8. The number of hydrogen-bond acceptors (Lipinski definition) is 21. The molecule has 0 aliphatic heterocycles. The monoisotopic (exact) mass is 1510 g/mol. The van der Waals surface area contributed by atoms with Gasteiger partial charge < -0.3 is 42.6 Å². The van der Waals surface area contributed by atoms with Crippen LogP contribution in [-0.4, -0.2) is 87.8 Å². The van der Waals surface area contributed by atoms with Gasteiger partial charge in [-0.25, -0.2) is 0 Å². The van der Waals surface area contributed by atoms with Crippen molar-refractivity contribution in [1.29, 1.82) is 0 Å². The first kappa shape index (κ1) is 96.5. The molecule has 6 rings (SSSR count). The highest BCUT2D eigenvalue weighted by atomic mass is 16.6. The molecule has 25 nitrogen and oxygen atoms in total. The lowest BCUT2D eigenvalue weighted by Crippen LogP contribution is -2.24. The van der Waals surface area contributed by atoms with E-state index in [0.717, 1.165) is 39.8 Å². The lowest BCUT2D eigenvalue weighted by atomic mass is 9.82. The van der Waals surface area contributed by atoms with Gasteiger partial charge in [-0.2, -0.15) is 0 Å². The van der Waals surface area contributed by atoms with E-state index in [0.29, 0.717) is 52.3 Å². The average molecular weight is 1510 g/mol. The number of nitro groups is 4. The van der Waals surface area contributed by atoms with Gasteiger partial charge in [-0.3, -0.25) is 59.6 Å². The molecule has 6 aromatic rings. The van der Waals surface area contributed by atoms with Gasteiger partial charge in [0.05, 0.1) is 98.5 Å². The molecule has 25 heteroatoms. The molecule has 108 heavy (non-hydrogen) atoms. The van der Waals surface area contributed by atoms with Crippen molar-refractivity contribution < 1.29 is 81.5 Å². The Morgan fingerprint density at radius 2 is 0.713 bits per heavy atom. The molecule has 0 N–H and O–H groups in total. The number of nitro benzene ring substituents is 4. The lowest BCUT2D eigenvalue weighted by Gasteiger charge is -2.25. The second-order valence-corrected chi connectivity index (χ2v) is 33.5. The number of fused-ring (bicyclic) bond motifs is 2. The third-order valence-electron chi connectivity index (χ3n) is 14.1. The van der Waals surface area contributed by atoms with Crippen molar-refractivity contribution in [3.63, 3.8) is 0 Å². The van der Waals surface area contributed by atoms with Gasteiger partial charge in [0.15, 0.2) is 23.0 Å². The van der Waals surface area contributed by atoms with Crippen LogP contribution < -0.4 is 18.9 Å². The molecule has 0 amide bonds. The minimum Gasteiger partial charge on any atom is -0.493 e. The second-order valence-electron chi connectivity index (χ2n) is 33.5. The normalized spacial score (nSPS) is 12.1. The molecular weight excluding hydrogens is 1390 g/mol. The van der Waals surface area contributed by atoms with Gasteiger partial charge in [0.2, 0.25) is 0 Å². The summed E-state index contributed by atoms with van der Waals surface area (Å²) in [6.45, 7) is 50.2. The Bertz CT molecular complexity index is 3680. The van der Waals surface area contributed by atoms with Crippen molar-refractivity contribution >= 4 is 68.2 Å². The zero-order valence-corrected chi connectivity index (χ0v) is 69.3. The van der Waals surface area contributed by atoms with Crippen LogP contribution in [0.25, 0.3) is 21.5 Å². The van der Waals surface area contributed by atoms with Crippen LogP contribution in [0.5, 0.6) is 23.0 Å². The summed E-state index contributed by atoms with van der Waals surface area (Å²) in [5, 5.41) is 48.9. The molecule has 0 aliphatic carbocycles. The molecule has 0 heterocycles. The van der Waals surface area contributed by atoms with Gasteiger partial charge >= 0.3 is 23.9 Å². The minimum atomic E-state index is -0.633. The highest BCUT2D eigenvalue weighted by molar-refractivity contribution is 5.87. The molecule has 0 bridgehead atoms. The first-order valence-electron chi connectivity index (χ1n) is 36.3. The van der Waals surface area contributed by atoms with Crippen molar-refractivity contribution in [3.05, 3.63) is 160 Å². The molecule has 0 radical (unpaired) electrons. The Kier molecular flexibility index (Phi) is 38.8. The van der Waals surface area contributed by atoms with Gasteiger partial charge in [-0.1, -0.05) is 118 Å². The van der Waals surface area contributed by atoms with Crippen LogP contribution in [0.2, 0.25) is 0 Å². The summed E-state index contributed by atoms with van der Waals surface area (Å²) in [5.74, 6) is 1.63. The van der Waals surface area contributed by atoms with Gasteiger partial charge in [0.25, 0.3) is 22.7 Å². The number of ether oxygens (including phenoxy) is 9. The molecule has 0 aliphatic rings. The Balaban J connectivity index is 0.000000701. The maximum Gasteiger partial charge on any atom is 0.311 e. The van der Waals surface area contributed by atoms with Crippen molar-refractivity contribution in [2.75, 3.05) is 27.4 Å². The predicted octanol–water partition coefficient (Wildman–Crippen LogP) is 21.6. The van der Waals surface area contributed by atoms with Crippen LogP contribution in [-0.2, 0) is 56.1 Å². The van der Waals surface area contributed by atoms with Crippen LogP contribution in [0.15, 0.2) is 97.1 Å². The number of benzene rings is 6. The number of carbonyl (C=O) groups excluding carboxylic acids is 4. The van der Waals surface area contributed by atoms with Crippen molar-refractivity contribution in [3.8, 4) is 23.0 Å². The largest absolute Gasteiger partial charge is 0.493 e. The second kappa shape index (κ2) is 43.5. The summed E-state index contributed by atoms with van der Waals surface area (Å²) in [6.07, 6.45) is 1.54. The highest BCUT2D eigenvalue weighted by Gasteiger charge is 2.31. The van der Waals surface area contributed by atoms with E-state index in [9.17, 15) is 59.6 Å². The van der Waals surface area contributed by atoms with Crippen LogP contribution in [0.1, 0.15) is 246 Å². The smallest absolute Gasteiger partial charge is 0.311 e. The molecule has 0 saturated carbocycles. The quantitative estimate of drug-likeness (QED) is 0.0179. The minimum absolute atomic E-state index is 0.00878. The van der Waals surface area contributed by atoms with Gasteiger partial charge in [0, 0.05) is 30.5 Å². The standard InChI is InChI=1S/C22H35NO6.C21H33NO7.2C16H17NO4.2C4H10/c1-15(14-21(2,3)4)16-12-18(27-8)19(13-17(16)23(25)26)28-11-9-10-20(24)29-22(5,6)7;1-14(28-20(2,3)4)15-12-17(26-8)18(13-16(15)22(24)25)27-11-9-10-19(23)29-21(5,6)7;2*1-16(2,3)15(18)21-10-13-8-11-6-4-5-7-12(11)9-14(13)17(19)20;2*1-4(2)3/h12-13,15H,9-11,14H2,1-8H3;12-14H,9-11H2,1-8H3;2*4-9H,10H2,1-3H3;2*4H,1-3H3. The number of methoxy groups -OCH3 is 2. The Morgan fingerprint density at radius 3 is 0.991 bits per heavy atom. The van der Waals surface area contributed by atoms with E-state index in [1.54, 1.807) is 93.5 Å². The molecular formula is C83H122N4O21. The maximum absolute atomic E-state index is 11.8. The van der Waals surface area contributed by atoms with Crippen LogP contribution in [0, 0.1) is 68.5 Å². The number of carbonyl (C=O) groups is 4. The molecule has 0 fully saturated rings. The van der Waals surface area contributed by atoms with Crippen molar-refractivity contribution in [2.24, 2.45) is 28.1 Å². The summed E-state index contributed by atoms with van der Waals surface area (Å²) in [6, 6.07) is 27.2. The topological polar surface area (TPSA) is 324 Å². The zero-order chi connectivity index (χ0) is 83.2. The number of rotatable bonds is 24. The Morgan fingerprint density at radius 1 is 0.407 bits per heavy atom.